The van der Waals surface area contributed by atoms with Gasteiger partial charge in [0.25, 0.3) is 5.91 Å². The van der Waals surface area contributed by atoms with Crippen LogP contribution in [0, 0.1) is 6.92 Å². The number of nitrogens with one attached hydrogen (secondary N) is 1. The lowest BCUT2D eigenvalue weighted by Crippen LogP contribution is -2.35. The van der Waals surface area contributed by atoms with Gasteiger partial charge in [-0.15, -0.1) is 5.10 Å². The fraction of sp³-hybridized carbons (Fsp3) is 0.360. The van der Waals surface area contributed by atoms with Crippen molar-refractivity contribution < 1.29 is 9.59 Å². The van der Waals surface area contributed by atoms with Crippen LogP contribution < -0.4 is 10.2 Å². The van der Waals surface area contributed by atoms with Crippen LogP contribution in [0.15, 0.2) is 48.5 Å². The highest BCUT2D eigenvalue weighted by molar-refractivity contribution is 5.94. The van der Waals surface area contributed by atoms with Crippen LogP contribution in [0.4, 0.5) is 5.69 Å². The molecule has 2 aliphatic rings. The van der Waals surface area contributed by atoms with E-state index in [4.69, 9.17) is 0 Å². The Labute approximate surface area is 187 Å². The fourth-order valence-corrected chi connectivity index (χ4v) is 4.19. The number of aryl methyl sites for hydroxylation is 1. The van der Waals surface area contributed by atoms with Gasteiger partial charge in [-0.05, 0) is 62.4 Å². The summed E-state index contributed by atoms with van der Waals surface area (Å²) >= 11 is 0. The summed E-state index contributed by atoms with van der Waals surface area (Å²) in [5, 5.41) is 11.5. The van der Waals surface area contributed by atoms with Gasteiger partial charge < -0.3 is 10.2 Å². The van der Waals surface area contributed by atoms with Crippen LogP contribution in [0.25, 0.3) is 5.69 Å². The largest absolute Gasteiger partial charge is 0.347 e. The van der Waals surface area contributed by atoms with Crippen molar-refractivity contribution in [3.8, 4) is 5.69 Å². The van der Waals surface area contributed by atoms with Gasteiger partial charge in [0, 0.05) is 31.1 Å². The summed E-state index contributed by atoms with van der Waals surface area (Å²) in [6, 6.07) is 15.9. The Balaban J connectivity index is 1.28. The van der Waals surface area contributed by atoms with Gasteiger partial charge in [-0.2, -0.15) is 0 Å². The zero-order valence-electron chi connectivity index (χ0n) is 18.3. The molecular formula is C25H27N5O2. The Bertz CT molecular complexity index is 1130. The smallest absolute Gasteiger partial charge is 0.274 e. The number of aromatic nitrogens is 3. The van der Waals surface area contributed by atoms with E-state index in [0.29, 0.717) is 24.6 Å². The number of nitrogens with zero attached hydrogens (tertiary/aromatic N) is 4. The Kier molecular flexibility index (Phi) is 5.47. The number of hydrogen-bond acceptors (Lipinski definition) is 4. The molecule has 1 N–H and O–H groups in total. The van der Waals surface area contributed by atoms with Gasteiger partial charge in [0.05, 0.1) is 11.4 Å². The van der Waals surface area contributed by atoms with Crippen molar-refractivity contribution in [2.45, 2.75) is 51.5 Å². The number of rotatable bonds is 6. The van der Waals surface area contributed by atoms with Crippen LogP contribution in [-0.2, 0) is 11.3 Å². The van der Waals surface area contributed by atoms with Gasteiger partial charge >= 0.3 is 0 Å². The van der Waals surface area contributed by atoms with Crippen molar-refractivity contribution in [2.24, 2.45) is 0 Å². The maximum atomic E-state index is 12.9. The standard InChI is InChI=1S/C25H27N5O2/c1-17-5-11-21(12-6-17)30-24(19-9-10-19)23(27-28-30)25(32)26-16-18-7-13-20(14-8-18)29-15-3-2-4-22(29)31/h5-8,11-14,19H,2-4,9-10,15-16H2,1H3,(H,26,32). The summed E-state index contributed by atoms with van der Waals surface area (Å²) in [4.78, 5) is 26.9. The normalized spacial score (nSPS) is 16.3. The van der Waals surface area contributed by atoms with Crippen molar-refractivity contribution in [1.82, 2.24) is 20.3 Å². The van der Waals surface area contributed by atoms with Gasteiger partial charge in [0.15, 0.2) is 5.69 Å². The first kappa shape index (κ1) is 20.4. The molecule has 2 amide bonds. The maximum absolute atomic E-state index is 12.9. The molecule has 0 spiro atoms. The zero-order chi connectivity index (χ0) is 22.1. The van der Waals surface area contributed by atoms with Crippen LogP contribution in [0.5, 0.6) is 0 Å². The van der Waals surface area contributed by atoms with Gasteiger partial charge in [-0.25, -0.2) is 4.68 Å². The molecule has 0 bridgehead atoms. The third-order valence-electron chi connectivity index (χ3n) is 6.19. The second kappa shape index (κ2) is 8.57. The summed E-state index contributed by atoms with van der Waals surface area (Å²) in [6.07, 6.45) is 4.73. The minimum atomic E-state index is -0.208. The van der Waals surface area contributed by atoms with Crippen molar-refractivity contribution in [3.63, 3.8) is 0 Å². The molecule has 5 rings (SSSR count). The highest BCUT2D eigenvalue weighted by Crippen LogP contribution is 2.42. The van der Waals surface area contributed by atoms with Crippen LogP contribution in [-0.4, -0.2) is 33.4 Å². The summed E-state index contributed by atoms with van der Waals surface area (Å²) < 4.78 is 1.80. The molecule has 1 saturated heterocycles. The monoisotopic (exact) mass is 429 g/mol. The summed E-state index contributed by atoms with van der Waals surface area (Å²) in [5.74, 6) is 0.301. The molecule has 7 heteroatoms. The van der Waals surface area contributed by atoms with Gasteiger partial charge in [0.2, 0.25) is 5.91 Å². The second-order valence-corrected chi connectivity index (χ2v) is 8.70. The van der Waals surface area contributed by atoms with E-state index >= 15 is 0 Å². The van der Waals surface area contributed by atoms with Crippen LogP contribution in [0.2, 0.25) is 0 Å². The van der Waals surface area contributed by atoms with Crippen LogP contribution in [0.3, 0.4) is 0 Å². The van der Waals surface area contributed by atoms with Crippen molar-refractivity contribution in [2.75, 3.05) is 11.4 Å². The lowest BCUT2D eigenvalue weighted by molar-refractivity contribution is -0.119. The molecule has 1 aromatic heterocycles. The number of hydrogen-bond donors (Lipinski definition) is 1. The van der Waals surface area contributed by atoms with E-state index in [1.165, 1.54) is 5.56 Å². The Morgan fingerprint density at radius 2 is 1.75 bits per heavy atom. The van der Waals surface area contributed by atoms with Crippen molar-refractivity contribution in [1.29, 1.82) is 0 Å². The number of anilines is 1. The van der Waals surface area contributed by atoms with Gasteiger partial charge in [0.1, 0.15) is 0 Å². The predicted octanol–water partition coefficient (Wildman–Crippen LogP) is 3.90. The number of benzene rings is 2. The first-order chi connectivity index (χ1) is 15.6. The molecule has 2 fully saturated rings. The topological polar surface area (TPSA) is 80.1 Å². The van der Waals surface area contributed by atoms with Crippen LogP contribution >= 0.6 is 0 Å². The van der Waals surface area contributed by atoms with E-state index in [0.717, 1.165) is 54.9 Å². The third kappa shape index (κ3) is 4.15. The molecular weight excluding hydrogens is 402 g/mol. The van der Waals surface area contributed by atoms with Crippen LogP contribution in [0.1, 0.15) is 65.3 Å². The average molecular weight is 430 g/mol. The number of carbonyl (C=O) groups excluding carboxylic acids is 2. The molecule has 1 aliphatic heterocycles. The maximum Gasteiger partial charge on any atom is 0.274 e. The highest BCUT2D eigenvalue weighted by atomic mass is 16.2. The summed E-state index contributed by atoms with van der Waals surface area (Å²) in [5.41, 5.74) is 5.29. The van der Waals surface area contributed by atoms with E-state index in [1.807, 2.05) is 60.4 Å². The highest BCUT2D eigenvalue weighted by Gasteiger charge is 2.34. The van der Waals surface area contributed by atoms with E-state index in [9.17, 15) is 9.59 Å². The van der Waals surface area contributed by atoms with E-state index in [2.05, 4.69) is 15.6 Å². The Morgan fingerprint density at radius 3 is 2.44 bits per heavy atom. The molecule has 32 heavy (non-hydrogen) atoms. The van der Waals surface area contributed by atoms with Crippen molar-refractivity contribution >= 4 is 17.5 Å². The molecule has 1 aliphatic carbocycles. The van der Waals surface area contributed by atoms with E-state index in [-0.39, 0.29) is 11.8 Å². The van der Waals surface area contributed by atoms with Gasteiger partial charge in [-0.3, -0.25) is 9.59 Å². The number of amides is 2. The lowest BCUT2D eigenvalue weighted by Gasteiger charge is -2.26. The average Bonchev–Trinajstić information content (AvgIpc) is 3.56. The number of piperidine rings is 1. The Hall–Kier alpha value is -3.48. The quantitative estimate of drug-likeness (QED) is 0.644. The minimum absolute atomic E-state index is 0.182. The first-order valence-electron chi connectivity index (χ1n) is 11.3. The molecule has 0 atom stereocenters. The summed E-state index contributed by atoms with van der Waals surface area (Å²) in [6.45, 7) is 3.22. The summed E-state index contributed by atoms with van der Waals surface area (Å²) in [7, 11) is 0. The van der Waals surface area contributed by atoms with E-state index in [1.54, 1.807) is 4.68 Å². The first-order valence-corrected chi connectivity index (χ1v) is 11.3. The lowest BCUT2D eigenvalue weighted by atomic mass is 10.1. The molecule has 0 radical (unpaired) electrons. The minimum Gasteiger partial charge on any atom is -0.347 e. The molecule has 2 aromatic carbocycles. The third-order valence-corrected chi connectivity index (χ3v) is 6.19. The second-order valence-electron chi connectivity index (χ2n) is 8.70. The zero-order valence-corrected chi connectivity index (χ0v) is 18.3. The van der Waals surface area contributed by atoms with E-state index < -0.39 is 0 Å². The van der Waals surface area contributed by atoms with Gasteiger partial charge in [-0.1, -0.05) is 35.0 Å². The molecule has 3 aromatic rings. The Morgan fingerprint density at radius 1 is 1.03 bits per heavy atom. The molecule has 7 nitrogen and oxygen atoms in total. The predicted molar refractivity (Wildman–Crippen MR) is 122 cm³/mol. The molecule has 1 saturated carbocycles. The van der Waals surface area contributed by atoms with Crippen molar-refractivity contribution in [3.05, 3.63) is 71.0 Å². The SMILES string of the molecule is Cc1ccc(-n2nnc(C(=O)NCc3ccc(N4CCCCC4=O)cc3)c2C2CC2)cc1. The molecule has 2 heterocycles. The fourth-order valence-electron chi connectivity index (χ4n) is 4.19. The molecule has 0 unspecified atom stereocenters. The number of carbonyl (C=O) groups is 2. The molecule has 164 valence electrons.